The molecule has 1 rings (SSSR count). The largest absolute Gasteiger partial charge is 0.312 e. The molecular weight excluding hydrogens is 228 g/mol. The Morgan fingerprint density at radius 1 is 1.29 bits per heavy atom. The van der Waals surface area contributed by atoms with Crippen LogP contribution in [0.1, 0.15) is 40.2 Å². The number of rotatable bonds is 5. The summed E-state index contributed by atoms with van der Waals surface area (Å²) in [7, 11) is 0. The van der Waals surface area contributed by atoms with Crippen LogP contribution in [0.5, 0.6) is 0 Å². The molecule has 0 radical (unpaired) electrons. The summed E-state index contributed by atoms with van der Waals surface area (Å²) in [6.45, 7) is 13.0. The van der Waals surface area contributed by atoms with Gasteiger partial charge in [0, 0.05) is 17.5 Å². The van der Waals surface area contributed by atoms with Crippen LogP contribution in [0.15, 0.2) is 23.4 Å². The molecule has 1 aromatic rings. The SMILES string of the molecule is CC(C)CNCc1ccc(SC(C)(C)C)nc1. The minimum atomic E-state index is 0.227. The zero-order chi connectivity index (χ0) is 12.9. The van der Waals surface area contributed by atoms with Crippen molar-refractivity contribution in [3.05, 3.63) is 23.9 Å². The van der Waals surface area contributed by atoms with E-state index in [1.165, 1.54) is 5.56 Å². The number of nitrogens with one attached hydrogen (secondary N) is 1. The number of nitrogens with zero attached hydrogens (tertiary/aromatic N) is 1. The summed E-state index contributed by atoms with van der Waals surface area (Å²) >= 11 is 1.81. The van der Waals surface area contributed by atoms with Gasteiger partial charge in [-0.1, -0.05) is 40.7 Å². The summed E-state index contributed by atoms with van der Waals surface area (Å²) in [4.78, 5) is 4.48. The molecule has 0 aliphatic carbocycles. The average Bonchev–Trinajstić information content (AvgIpc) is 2.18. The predicted molar refractivity (Wildman–Crippen MR) is 76.4 cm³/mol. The predicted octanol–water partition coefficient (Wildman–Crippen LogP) is 3.72. The molecule has 0 saturated carbocycles. The third-order valence-corrected chi connectivity index (χ3v) is 3.15. The molecule has 0 aromatic carbocycles. The normalized spacial score (nSPS) is 12.1. The van der Waals surface area contributed by atoms with Crippen LogP contribution in [0, 0.1) is 5.92 Å². The van der Waals surface area contributed by atoms with Crippen molar-refractivity contribution in [1.82, 2.24) is 10.3 Å². The van der Waals surface area contributed by atoms with E-state index in [1.807, 2.05) is 6.20 Å². The zero-order valence-electron chi connectivity index (χ0n) is 11.6. The van der Waals surface area contributed by atoms with Crippen molar-refractivity contribution in [2.75, 3.05) is 6.54 Å². The molecule has 2 nitrogen and oxygen atoms in total. The summed E-state index contributed by atoms with van der Waals surface area (Å²) in [6.07, 6.45) is 1.97. The summed E-state index contributed by atoms with van der Waals surface area (Å²) in [5, 5.41) is 4.52. The van der Waals surface area contributed by atoms with Gasteiger partial charge < -0.3 is 5.32 Å². The van der Waals surface area contributed by atoms with Crippen LogP contribution in [0.3, 0.4) is 0 Å². The highest BCUT2D eigenvalue weighted by Gasteiger charge is 2.12. The van der Waals surface area contributed by atoms with Crippen molar-refractivity contribution >= 4 is 11.8 Å². The fourth-order valence-corrected chi connectivity index (χ4v) is 2.26. The van der Waals surface area contributed by atoms with Gasteiger partial charge >= 0.3 is 0 Å². The third-order valence-electron chi connectivity index (χ3n) is 2.09. The monoisotopic (exact) mass is 252 g/mol. The lowest BCUT2D eigenvalue weighted by molar-refractivity contribution is 0.551. The van der Waals surface area contributed by atoms with E-state index in [4.69, 9.17) is 0 Å². The van der Waals surface area contributed by atoms with Crippen molar-refractivity contribution in [3.8, 4) is 0 Å². The molecule has 0 atom stereocenters. The van der Waals surface area contributed by atoms with Gasteiger partial charge in [0.15, 0.2) is 0 Å². The quantitative estimate of drug-likeness (QED) is 0.809. The highest BCUT2D eigenvalue weighted by atomic mass is 32.2. The number of aromatic nitrogens is 1. The second kappa shape index (κ2) is 6.41. The van der Waals surface area contributed by atoms with Crippen molar-refractivity contribution < 1.29 is 0 Å². The molecule has 0 saturated heterocycles. The highest BCUT2D eigenvalue weighted by Crippen LogP contribution is 2.29. The van der Waals surface area contributed by atoms with Crippen molar-refractivity contribution in [1.29, 1.82) is 0 Å². The molecule has 0 amide bonds. The summed E-state index contributed by atoms with van der Waals surface area (Å²) in [6, 6.07) is 4.27. The number of hydrogen-bond acceptors (Lipinski definition) is 3. The molecule has 0 bridgehead atoms. The first-order valence-electron chi connectivity index (χ1n) is 6.21. The maximum Gasteiger partial charge on any atom is 0.0965 e. The van der Waals surface area contributed by atoms with E-state index < -0.39 is 0 Å². The maximum absolute atomic E-state index is 4.48. The first-order valence-corrected chi connectivity index (χ1v) is 7.03. The topological polar surface area (TPSA) is 24.9 Å². The Bertz CT molecular complexity index is 325. The van der Waals surface area contributed by atoms with Crippen LogP contribution in [-0.4, -0.2) is 16.3 Å². The maximum atomic E-state index is 4.48. The van der Waals surface area contributed by atoms with Gasteiger partial charge in [-0.2, -0.15) is 0 Å². The molecule has 1 heterocycles. The number of pyridine rings is 1. The molecule has 0 fully saturated rings. The van der Waals surface area contributed by atoms with Crippen LogP contribution < -0.4 is 5.32 Å². The van der Waals surface area contributed by atoms with E-state index in [0.29, 0.717) is 5.92 Å². The Kier molecular flexibility index (Phi) is 5.47. The van der Waals surface area contributed by atoms with Crippen molar-refractivity contribution in [2.24, 2.45) is 5.92 Å². The van der Waals surface area contributed by atoms with E-state index in [1.54, 1.807) is 11.8 Å². The van der Waals surface area contributed by atoms with Crippen LogP contribution in [0.2, 0.25) is 0 Å². The first-order chi connectivity index (χ1) is 7.87. The molecule has 0 aliphatic rings. The van der Waals surface area contributed by atoms with Crippen LogP contribution in [0.4, 0.5) is 0 Å². The van der Waals surface area contributed by atoms with Gasteiger partial charge in [0.25, 0.3) is 0 Å². The van der Waals surface area contributed by atoms with E-state index in [0.717, 1.165) is 18.1 Å². The lowest BCUT2D eigenvalue weighted by atomic mass is 10.2. The second-order valence-corrected chi connectivity index (χ2v) is 7.59. The Balaban J connectivity index is 2.45. The van der Waals surface area contributed by atoms with Gasteiger partial charge in [-0.05, 0) is 24.1 Å². The smallest absolute Gasteiger partial charge is 0.0965 e. The van der Waals surface area contributed by atoms with E-state index in [-0.39, 0.29) is 4.75 Å². The van der Waals surface area contributed by atoms with E-state index in [9.17, 15) is 0 Å². The average molecular weight is 252 g/mol. The standard InChI is InChI=1S/C14H24N2S/c1-11(2)8-15-9-12-6-7-13(16-10-12)17-14(3,4)5/h6-7,10-11,15H,8-9H2,1-5H3. The van der Waals surface area contributed by atoms with Crippen molar-refractivity contribution in [3.63, 3.8) is 0 Å². The van der Waals surface area contributed by atoms with Crippen LogP contribution >= 0.6 is 11.8 Å². The Labute approximate surface area is 110 Å². The number of hydrogen-bond donors (Lipinski definition) is 1. The van der Waals surface area contributed by atoms with Gasteiger partial charge in [-0.3, -0.25) is 0 Å². The third kappa shape index (κ3) is 6.69. The molecule has 0 unspecified atom stereocenters. The van der Waals surface area contributed by atoms with Gasteiger partial charge in [-0.15, -0.1) is 11.8 Å². The fourth-order valence-electron chi connectivity index (χ4n) is 1.39. The van der Waals surface area contributed by atoms with Gasteiger partial charge in [0.05, 0.1) is 5.03 Å². The van der Waals surface area contributed by atoms with Crippen LogP contribution in [-0.2, 0) is 6.54 Å². The number of thioether (sulfide) groups is 1. The minimum Gasteiger partial charge on any atom is -0.312 e. The molecule has 3 heteroatoms. The molecule has 96 valence electrons. The minimum absolute atomic E-state index is 0.227. The molecule has 17 heavy (non-hydrogen) atoms. The zero-order valence-corrected chi connectivity index (χ0v) is 12.4. The Hall–Kier alpha value is -0.540. The molecule has 0 aliphatic heterocycles. The first kappa shape index (κ1) is 14.5. The molecular formula is C14H24N2S. The summed E-state index contributed by atoms with van der Waals surface area (Å²) in [5.74, 6) is 0.693. The highest BCUT2D eigenvalue weighted by molar-refractivity contribution is 8.00. The summed E-state index contributed by atoms with van der Waals surface area (Å²) in [5.41, 5.74) is 1.25. The molecule has 1 N–H and O–H groups in total. The Morgan fingerprint density at radius 2 is 2.00 bits per heavy atom. The van der Waals surface area contributed by atoms with Crippen molar-refractivity contribution in [2.45, 2.75) is 50.9 Å². The lowest BCUT2D eigenvalue weighted by Gasteiger charge is -2.16. The fraction of sp³-hybridized carbons (Fsp3) is 0.643. The van der Waals surface area contributed by atoms with Crippen LogP contribution in [0.25, 0.3) is 0 Å². The lowest BCUT2D eigenvalue weighted by Crippen LogP contribution is -2.19. The summed E-state index contributed by atoms with van der Waals surface area (Å²) < 4.78 is 0.227. The van der Waals surface area contributed by atoms with E-state index in [2.05, 4.69) is 57.1 Å². The van der Waals surface area contributed by atoms with Gasteiger partial charge in [0.2, 0.25) is 0 Å². The Morgan fingerprint density at radius 3 is 2.47 bits per heavy atom. The molecule has 0 spiro atoms. The molecule has 1 aromatic heterocycles. The van der Waals surface area contributed by atoms with Gasteiger partial charge in [-0.25, -0.2) is 4.98 Å². The second-order valence-electron chi connectivity index (χ2n) is 5.74. The van der Waals surface area contributed by atoms with E-state index >= 15 is 0 Å². The van der Waals surface area contributed by atoms with Gasteiger partial charge in [0.1, 0.15) is 0 Å².